The Kier molecular flexibility index (Phi) is 5.65. The third-order valence-electron chi connectivity index (χ3n) is 2.65. The second-order valence-electron chi connectivity index (χ2n) is 4.90. The van der Waals surface area contributed by atoms with Crippen LogP contribution >= 0.6 is 0 Å². The van der Waals surface area contributed by atoms with Crippen LogP contribution in [0.5, 0.6) is 0 Å². The summed E-state index contributed by atoms with van der Waals surface area (Å²) in [6.45, 7) is 5.51. The first-order valence-corrected chi connectivity index (χ1v) is 6.34. The fraction of sp³-hybridized carbons (Fsp3) is 0.500. The monoisotopic (exact) mass is 249 g/mol. The van der Waals surface area contributed by atoms with Crippen molar-refractivity contribution in [2.24, 2.45) is 11.7 Å². The molecule has 18 heavy (non-hydrogen) atoms. The minimum atomic E-state index is 0.0630. The third-order valence-corrected chi connectivity index (χ3v) is 2.65. The molecule has 0 bridgehead atoms. The van der Waals surface area contributed by atoms with Gasteiger partial charge in [-0.1, -0.05) is 13.8 Å². The third kappa shape index (κ3) is 4.75. The summed E-state index contributed by atoms with van der Waals surface area (Å²) >= 11 is 0. The number of nitrogens with one attached hydrogen (secondary N) is 1. The summed E-state index contributed by atoms with van der Waals surface area (Å²) in [6, 6.07) is 7.81. The number of carbonyl (C=O) groups excluding carboxylic acids is 1. The van der Waals surface area contributed by atoms with Crippen molar-refractivity contribution in [1.82, 2.24) is 0 Å². The molecule has 1 aromatic carbocycles. The molecule has 0 spiro atoms. The normalized spacial score (nSPS) is 10.5. The van der Waals surface area contributed by atoms with E-state index in [0.29, 0.717) is 18.9 Å². The second-order valence-corrected chi connectivity index (χ2v) is 4.90. The molecule has 0 saturated heterocycles. The van der Waals surface area contributed by atoms with Gasteiger partial charge in [-0.2, -0.15) is 0 Å². The second kappa shape index (κ2) is 7.01. The lowest BCUT2D eigenvalue weighted by molar-refractivity contribution is -0.116. The maximum absolute atomic E-state index is 11.6. The Morgan fingerprint density at radius 3 is 2.44 bits per heavy atom. The molecule has 0 aliphatic rings. The van der Waals surface area contributed by atoms with Gasteiger partial charge < -0.3 is 16.0 Å². The molecule has 0 atom stereocenters. The van der Waals surface area contributed by atoms with Gasteiger partial charge in [-0.15, -0.1) is 0 Å². The highest BCUT2D eigenvalue weighted by Gasteiger charge is 2.05. The molecule has 4 heteroatoms. The number of rotatable bonds is 6. The summed E-state index contributed by atoms with van der Waals surface area (Å²) in [5.74, 6) is 0.438. The molecule has 0 fully saturated rings. The topological polar surface area (TPSA) is 58.4 Å². The first-order valence-electron chi connectivity index (χ1n) is 6.34. The van der Waals surface area contributed by atoms with Gasteiger partial charge in [0.1, 0.15) is 0 Å². The maximum atomic E-state index is 11.6. The highest BCUT2D eigenvalue weighted by atomic mass is 16.1. The zero-order chi connectivity index (χ0) is 13.5. The largest absolute Gasteiger partial charge is 0.373 e. The van der Waals surface area contributed by atoms with E-state index in [0.717, 1.165) is 17.9 Å². The van der Waals surface area contributed by atoms with E-state index < -0.39 is 0 Å². The predicted octanol–water partition coefficient (Wildman–Crippen LogP) is 2.07. The van der Waals surface area contributed by atoms with Crippen LogP contribution in [0.15, 0.2) is 24.3 Å². The van der Waals surface area contributed by atoms with Crippen LogP contribution in [0.25, 0.3) is 0 Å². The van der Waals surface area contributed by atoms with E-state index in [1.807, 2.05) is 45.2 Å². The summed E-state index contributed by atoms with van der Waals surface area (Å²) in [5.41, 5.74) is 7.45. The number of hydrogen-bond donors (Lipinski definition) is 2. The molecule has 0 aromatic heterocycles. The van der Waals surface area contributed by atoms with Crippen LogP contribution in [0.2, 0.25) is 0 Å². The van der Waals surface area contributed by atoms with Crippen LogP contribution in [-0.2, 0) is 4.79 Å². The number of anilines is 2. The number of nitrogens with two attached hydrogens (primary N) is 1. The van der Waals surface area contributed by atoms with Crippen molar-refractivity contribution < 1.29 is 4.79 Å². The number of carbonyl (C=O) groups is 1. The molecule has 3 N–H and O–H groups in total. The molecule has 0 radical (unpaired) electrons. The van der Waals surface area contributed by atoms with Gasteiger partial charge in [-0.25, -0.2) is 0 Å². The van der Waals surface area contributed by atoms with Gasteiger partial charge in [-0.3, -0.25) is 4.79 Å². The Morgan fingerprint density at radius 2 is 1.94 bits per heavy atom. The van der Waals surface area contributed by atoms with Gasteiger partial charge in [0, 0.05) is 37.9 Å². The molecule has 1 amide bonds. The molecule has 1 rings (SSSR count). The van der Waals surface area contributed by atoms with E-state index >= 15 is 0 Å². The van der Waals surface area contributed by atoms with Crippen molar-refractivity contribution in [3.63, 3.8) is 0 Å². The summed E-state index contributed by atoms with van der Waals surface area (Å²) in [6.07, 6.45) is 0.550. The summed E-state index contributed by atoms with van der Waals surface area (Å²) < 4.78 is 0. The molecule has 4 nitrogen and oxygen atoms in total. The molecule has 0 heterocycles. The SMILES string of the molecule is CC(C)CC(=O)Nc1ccc(N(C)CCN)cc1. The lowest BCUT2D eigenvalue weighted by Gasteiger charge is -2.18. The zero-order valence-corrected chi connectivity index (χ0v) is 11.4. The van der Waals surface area contributed by atoms with Crippen LogP contribution in [0, 0.1) is 5.92 Å². The Hall–Kier alpha value is -1.55. The van der Waals surface area contributed by atoms with Crippen molar-refractivity contribution in [1.29, 1.82) is 0 Å². The summed E-state index contributed by atoms with van der Waals surface area (Å²) in [5, 5.41) is 2.89. The number of amides is 1. The summed E-state index contributed by atoms with van der Waals surface area (Å²) in [4.78, 5) is 13.7. The van der Waals surface area contributed by atoms with Gasteiger partial charge >= 0.3 is 0 Å². The molecule has 100 valence electrons. The van der Waals surface area contributed by atoms with Crippen molar-refractivity contribution in [2.45, 2.75) is 20.3 Å². The van der Waals surface area contributed by atoms with Crippen molar-refractivity contribution in [3.05, 3.63) is 24.3 Å². The minimum absolute atomic E-state index is 0.0630. The van der Waals surface area contributed by atoms with Gasteiger partial charge in [-0.05, 0) is 30.2 Å². The molecule has 0 aliphatic carbocycles. The zero-order valence-electron chi connectivity index (χ0n) is 11.4. The van der Waals surface area contributed by atoms with Crippen LogP contribution < -0.4 is 16.0 Å². The highest BCUT2D eigenvalue weighted by molar-refractivity contribution is 5.90. The maximum Gasteiger partial charge on any atom is 0.224 e. The fourth-order valence-corrected chi connectivity index (χ4v) is 1.70. The van der Waals surface area contributed by atoms with E-state index in [1.54, 1.807) is 0 Å². The van der Waals surface area contributed by atoms with Crippen molar-refractivity contribution in [2.75, 3.05) is 30.4 Å². The summed E-state index contributed by atoms with van der Waals surface area (Å²) in [7, 11) is 2.00. The van der Waals surface area contributed by atoms with E-state index in [4.69, 9.17) is 5.73 Å². The average Bonchev–Trinajstić information content (AvgIpc) is 2.29. The molecule has 1 aromatic rings. The van der Waals surface area contributed by atoms with E-state index in [-0.39, 0.29) is 5.91 Å². The standard InChI is InChI=1S/C14H23N3O/c1-11(2)10-14(18)16-12-4-6-13(7-5-12)17(3)9-8-15/h4-7,11H,8-10,15H2,1-3H3,(H,16,18). The van der Waals surface area contributed by atoms with Crippen LogP contribution in [0.4, 0.5) is 11.4 Å². The lowest BCUT2D eigenvalue weighted by Crippen LogP contribution is -2.24. The number of nitrogens with zero attached hydrogens (tertiary/aromatic N) is 1. The minimum Gasteiger partial charge on any atom is -0.373 e. The van der Waals surface area contributed by atoms with Crippen LogP contribution in [-0.4, -0.2) is 26.0 Å². The Balaban J connectivity index is 2.57. The van der Waals surface area contributed by atoms with E-state index in [2.05, 4.69) is 10.2 Å². The van der Waals surface area contributed by atoms with Crippen molar-refractivity contribution >= 4 is 17.3 Å². The van der Waals surface area contributed by atoms with Gasteiger partial charge in [0.05, 0.1) is 0 Å². The van der Waals surface area contributed by atoms with Gasteiger partial charge in [0.15, 0.2) is 0 Å². The average molecular weight is 249 g/mol. The first-order chi connectivity index (χ1) is 8.52. The lowest BCUT2D eigenvalue weighted by atomic mass is 10.1. The molecule has 0 saturated carbocycles. The molecule has 0 unspecified atom stereocenters. The van der Waals surface area contributed by atoms with E-state index in [9.17, 15) is 4.79 Å². The van der Waals surface area contributed by atoms with Crippen LogP contribution in [0.3, 0.4) is 0 Å². The highest BCUT2D eigenvalue weighted by Crippen LogP contribution is 2.17. The Bertz CT molecular complexity index is 373. The molecular weight excluding hydrogens is 226 g/mol. The number of likely N-dealkylation sites (N-methyl/N-ethyl adjacent to an activating group) is 1. The smallest absolute Gasteiger partial charge is 0.224 e. The number of hydrogen-bond acceptors (Lipinski definition) is 3. The predicted molar refractivity (Wildman–Crippen MR) is 76.9 cm³/mol. The number of benzene rings is 1. The Morgan fingerprint density at radius 1 is 1.33 bits per heavy atom. The van der Waals surface area contributed by atoms with Crippen molar-refractivity contribution in [3.8, 4) is 0 Å². The first kappa shape index (κ1) is 14.5. The molecular formula is C14H23N3O. The van der Waals surface area contributed by atoms with E-state index in [1.165, 1.54) is 0 Å². The van der Waals surface area contributed by atoms with Crippen LogP contribution in [0.1, 0.15) is 20.3 Å². The van der Waals surface area contributed by atoms with Gasteiger partial charge in [0.2, 0.25) is 5.91 Å². The molecule has 0 aliphatic heterocycles. The van der Waals surface area contributed by atoms with Gasteiger partial charge in [0.25, 0.3) is 0 Å². The fourth-order valence-electron chi connectivity index (χ4n) is 1.70. The Labute approximate surface area is 109 Å². The quantitative estimate of drug-likeness (QED) is 0.811.